The third-order valence-electron chi connectivity index (χ3n) is 7.34. The molecule has 0 spiro atoms. The molecule has 1 aromatic carbocycles. The van der Waals surface area contributed by atoms with E-state index in [1.165, 1.54) is 4.90 Å². The second-order valence-corrected chi connectivity index (χ2v) is 13.8. The van der Waals surface area contributed by atoms with E-state index in [1.54, 1.807) is 12.1 Å². The highest BCUT2D eigenvalue weighted by molar-refractivity contribution is 7.91. The van der Waals surface area contributed by atoms with Crippen molar-refractivity contribution in [3.05, 3.63) is 51.0 Å². The van der Waals surface area contributed by atoms with Gasteiger partial charge in [-0.3, -0.25) is 4.79 Å². The molecular formula is C27H27ClF3N5O6S2. The molecule has 0 bridgehead atoms. The van der Waals surface area contributed by atoms with Crippen molar-refractivity contribution in [1.29, 1.82) is 0 Å². The average Bonchev–Trinajstić information content (AvgIpc) is 3.66. The topological polar surface area (TPSA) is 132 Å². The van der Waals surface area contributed by atoms with E-state index in [9.17, 15) is 26.4 Å². The van der Waals surface area contributed by atoms with E-state index < -0.39 is 45.2 Å². The first kappa shape index (κ1) is 31.1. The van der Waals surface area contributed by atoms with Crippen LogP contribution in [0.15, 0.2) is 29.3 Å². The third-order valence-corrected chi connectivity index (χ3v) is 10.6. The summed E-state index contributed by atoms with van der Waals surface area (Å²) in [5.74, 6) is -1.19. The minimum Gasteiger partial charge on any atom is -0.374 e. The van der Waals surface area contributed by atoms with Crippen molar-refractivity contribution in [1.82, 2.24) is 20.2 Å². The number of sulfone groups is 1. The maximum Gasteiger partial charge on any atom is 0.420 e. The Morgan fingerprint density at radius 3 is 2.77 bits per heavy atom. The van der Waals surface area contributed by atoms with Crippen LogP contribution in [0.2, 0.25) is 5.02 Å². The number of benzene rings is 1. The molecule has 0 saturated carbocycles. The van der Waals surface area contributed by atoms with Gasteiger partial charge < -0.3 is 29.7 Å². The predicted octanol–water partition coefficient (Wildman–Crippen LogP) is 3.89. The predicted molar refractivity (Wildman–Crippen MR) is 155 cm³/mol. The number of hydrogen-bond acceptors (Lipinski definition) is 11. The summed E-state index contributed by atoms with van der Waals surface area (Å²) in [6, 6.07) is 4.67. The summed E-state index contributed by atoms with van der Waals surface area (Å²) >= 11 is 7.09. The molecule has 2 N–H and O–H groups in total. The lowest BCUT2D eigenvalue weighted by Gasteiger charge is -2.20. The number of carbonyl (C=O) groups excluding carboxylic acids is 1. The van der Waals surface area contributed by atoms with Crippen LogP contribution in [0.3, 0.4) is 0 Å². The number of aromatic nitrogens is 2. The molecule has 3 aromatic rings. The van der Waals surface area contributed by atoms with Crippen LogP contribution in [-0.4, -0.2) is 87.3 Å². The molecule has 1 saturated heterocycles. The smallest absolute Gasteiger partial charge is 0.374 e. The molecule has 0 radical (unpaired) electrons. The first-order chi connectivity index (χ1) is 21.0. The molecule has 6 rings (SSSR count). The van der Waals surface area contributed by atoms with Gasteiger partial charge in [0.05, 0.1) is 58.4 Å². The molecule has 236 valence electrons. The Kier molecular flexibility index (Phi) is 8.85. The van der Waals surface area contributed by atoms with Crippen molar-refractivity contribution < 1.29 is 40.6 Å². The zero-order valence-electron chi connectivity index (χ0n) is 23.1. The first-order valence-electron chi connectivity index (χ1n) is 13.7. The largest absolute Gasteiger partial charge is 0.420 e. The van der Waals surface area contributed by atoms with Crippen LogP contribution in [0.1, 0.15) is 26.4 Å². The normalized spacial score (nSPS) is 18.6. The zero-order valence-corrected chi connectivity index (χ0v) is 25.5. The third kappa shape index (κ3) is 6.56. The van der Waals surface area contributed by atoms with Gasteiger partial charge in [0.2, 0.25) is 5.95 Å². The number of fused-ring (bicyclic) bond motifs is 2. The fourth-order valence-corrected chi connectivity index (χ4v) is 8.27. The number of carbonyl (C=O) groups is 1. The second-order valence-electron chi connectivity index (χ2n) is 10.3. The number of amides is 1. The summed E-state index contributed by atoms with van der Waals surface area (Å²) in [6.45, 7) is 2.54. The molecule has 17 heteroatoms. The van der Waals surface area contributed by atoms with Gasteiger partial charge in [-0.05, 0) is 42.3 Å². The maximum absolute atomic E-state index is 14.1. The van der Waals surface area contributed by atoms with Gasteiger partial charge in [-0.1, -0.05) is 11.6 Å². The van der Waals surface area contributed by atoms with Crippen LogP contribution in [0.25, 0.3) is 10.6 Å². The van der Waals surface area contributed by atoms with Crippen LogP contribution >= 0.6 is 22.9 Å². The van der Waals surface area contributed by atoms with Crippen LogP contribution in [0.4, 0.5) is 24.8 Å². The van der Waals surface area contributed by atoms with Crippen molar-refractivity contribution in [2.45, 2.75) is 30.3 Å². The second kappa shape index (κ2) is 12.5. The number of nitrogens with zero attached hydrogens (tertiary/aromatic N) is 3. The SMILES string of the molecule is O=C1c2sc(-c3nc(Nc4cc5c(cc4Cl)CCNC5)ncc3C(F)(F)F)cc2S(=O)(=O)CCN1CCOCC1OCCO1. The first-order valence-corrected chi connectivity index (χ1v) is 16.5. The Balaban J connectivity index is 1.30. The van der Waals surface area contributed by atoms with Crippen molar-refractivity contribution in [3.63, 3.8) is 0 Å². The van der Waals surface area contributed by atoms with Crippen molar-refractivity contribution >= 4 is 50.3 Å². The van der Waals surface area contributed by atoms with Gasteiger partial charge in [0.15, 0.2) is 16.1 Å². The van der Waals surface area contributed by atoms with Gasteiger partial charge in [-0.25, -0.2) is 18.4 Å². The molecule has 3 aliphatic heterocycles. The molecule has 0 unspecified atom stereocenters. The van der Waals surface area contributed by atoms with E-state index in [4.69, 9.17) is 25.8 Å². The van der Waals surface area contributed by atoms with E-state index in [0.717, 1.165) is 30.2 Å². The number of nitrogens with one attached hydrogen (secondary N) is 2. The highest BCUT2D eigenvalue weighted by Crippen LogP contribution is 2.42. The molecule has 1 fully saturated rings. The Hall–Kier alpha value is -2.86. The standard InChI is InChI=1S/C27H27ClF3N5O6S2/c28-18-9-15-1-2-32-12-16(15)10-19(18)34-26-33-13-17(27(29,30)31)23(35-26)20-11-21-24(43-20)25(37)36(4-8-44(21,38)39)3-5-40-14-22-41-6-7-42-22/h9-11,13,22,32H,1-8,12,14H2,(H,33,34,35). The van der Waals surface area contributed by atoms with Gasteiger partial charge in [0.1, 0.15) is 10.4 Å². The van der Waals surface area contributed by atoms with Crippen LogP contribution in [-0.2, 0) is 43.2 Å². The summed E-state index contributed by atoms with van der Waals surface area (Å²) in [5, 5.41) is 6.49. The van der Waals surface area contributed by atoms with Crippen molar-refractivity contribution in [2.24, 2.45) is 0 Å². The molecule has 2 aromatic heterocycles. The fourth-order valence-electron chi connectivity index (χ4n) is 5.08. The van der Waals surface area contributed by atoms with E-state index in [2.05, 4.69) is 20.6 Å². The highest BCUT2D eigenvalue weighted by Gasteiger charge is 2.39. The Morgan fingerprint density at radius 2 is 2.00 bits per heavy atom. The fraction of sp³-hybridized carbons (Fsp3) is 0.444. The number of ether oxygens (including phenoxy) is 3. The van der Waals surface area contributed by atoms with Gasteiger partial charge in [-0.2, -0.15) is 13.2 Å². The summed E-state index contributed by atoms with van der Waals surface area (Å²) in [6.07, 6.45) is -3.95. The minimum absolute atomic E-state index is 0.0696. The molecule has 0 aliphatic carbocycles. The summed E-state index contributed by atoms with van der Waals surface area (Å²) in [7, 11) is -3.99. The minimum atomic E-state index is -4.86. The molecule has 1 amide bonds. The number of anilines is 2. The summed E-state index contributed by atoms with van der Waals surface area (Å²) < 4.78 is 84.8. The quantitative estimate of drug-likeness (QED) is 0.340. The van der Waals surface area contributed by atoms with Crippen LogP contribution in [0.5, 0.6) is 0 Å². The Labute approximate surface area is 259 Å². The number of rotatable bonds is 8. The number of thiophene rings is 1. The van der Waals surface area contributed by atoms with Gasteiger partial charge in [-0.15, -0.1) is 11.3 Å². The monoisotopic (exact) mass is 673 g/mol. The summed E-state index contributed by atoms with van der Waals surface area (Å²) in [4.78, 5) is 22.1. The number of alkyl halides is 3. The molecule has 11 nitrogen and oxygen atoms in total. The van der Waals surface area contributed by atoms with Crippen molar-refractivity contribution in [3.8, 4) is 10.6 Å². The zero-order chi connectivity index (χ0) is 31.1. The maximum atomic E-state index is 14.1. The van der Waals surface area contributed by atoms with Gasteiger partial charge in [0.25, 0.3) is 5.91 Å². The summed E-state index contributed by atoms with van der Waals surface area (Å²) in [5.41, 5.74) is 0.723. The van der Waals surface area contributed by atoms with Crippen LogP contribution in [0, 0.1) is 0 Å². The molecule has 0 atom stereocenters. The van der Waals surface area contributed by atoms with Crippen molar-refractivity contribution in [2.75, 3.05) is 57.1 Å². The average molecular weight is 674 g/mol. The lowest BCUT2D eigenvalue weighted by Crippen LogP contribution is -2.35. The number of hydrogen-bond donors (Lipinski definition) is 2. The molecular weight excluding hydrogens is 647 g/mol. The molecule has 3 aliphatic rings. The Morgan fingerprint density at radius 1 is 1.20 bits per heavy atom. The highest BCUT2D eigenvalue weighted by atomic mass is 35.5. The van der Waals surface area contributed by atoms with E-state index >= 15 is 0 Å². The molecule has 44 heavy (non-hydrogen) atoms. The lowest BCUT2D eigenvalue weighted by atomic mass is 10.0. The van der Waals surface area contributed by atoms with Crippen LogP contribution < -0.4 is 10.6 Å². The van der Waals surface area contributed by atoms with E-state index in [1.807, 2.05) is 0 Å². The van der Waals surface area contributed by atoms with Gasteiger partial charge in [0, 0.05) is 25.8 Å². The lowest BCUT2D eigenvalue weighted by molar-refractivity contribution is -0.137. The number of halogens is 4. The van der Waals surface area contributed by atoms with Gasteiger partial charge >= 0.3 is 6.18 Å². The van der Waals surface area contributed by atoms with E-state index in [-0.39, 0.29) is 46.9 Å². The van der Waals surface area contributed by atoms with E-state index in [0.29, 0.717) is 48.0 Å². The Bertz CT molecular complexity index is 1680. The molecule has 5 heterocycles.